The number of ether oxygens (including phenoxy) is 1. The number of benzene rings is 1. The van der Waals surface area contributed by atoms with Crippen LogP contribution in [0, 0.1) is 34.5 Å². The maximum absolute atomic E-state index is 13.1. The van der Waals surface area contributed by atoms with Crippen LogP contribution >= 0.6 is 0 Å². The zero-order valence-corrected chi connectivity index (χ0v) is 26.9. The fraction of sp³-hybridized carbons (Fsp3) is 0.667. The van der Waals surface area contributed by atoms with Crippen molar-refractivity contribution in [2.75, 3.05) is 0 Å². The normalized spacial score (nSPS) is 35.5. The van der Waals surface area contributed by atoms with Crippen molar-refractivity contribution < 1.29 is 14.3 Å². The van der Waals surface area contributed by atoms with E-state index in [0.29, 0.717) is 29.1 Å². The molecule has 40 heavy (non-hydrogen) atoms. The van der Waals surface area contributed by atoms with Crippen LogP contribution in [0.3, 0.4) is 0 Å². The number of carbonyl (C=O) groups excluding carboxylic acids is 2. The largest absolute Gasteiger partial charge is 0.458 e. The van der Waals surface area contributed by atoms with Gasteiger partial charge in [0, 0.05) is 12.3 Å². The standard InChI is InChI=1S/C36H52O3Si/c1-7-40(8-2,9-3)23-20-26-10-12-27(13-11-26)34(38)39-29-18-21-35(5)28(24-29)14-15-30-32-17-16-31(25(4)37)36(32,6)22-19-33(30)35/h10-14,20,23,29-33H,7-9,15-19,21-22,24H2,1-6H3/b23-20+/t29-,30-,31?,32-,33-,35-,36+/m0/s1. The Balaban J connectivity index is 1.22. The quantitative estimate of drug-likeness (QED) is 0.181. The second-order valence-corrected chi connectivity index (χ2v) is 19.4. The number of esters is 1. The van der Waals surface area contributed by atoms with Crippen LogP contribution in [0.4, 0.5) is 0 Å². The molecule has 218 valence electrons. The summed E-state index contributed by atoms with van der Waals surface area (Å²) in [7, 11) is -1.31. The molecule has 7 atom stereocenters. The second kappa shape index (κ2) is 11.4. The third kappa shape index (κ3) is 5.12. The van der Waals surface area contributed by atoms with E-state index in [1.807, 2.05) is 19.1 Å². The molecular formula is C36H52O3Si. The molecule has 0 radical (unpaired) electrons. The monoisotopic (exact) mass is 560 g/mol. The third-order valence-corrected chi connectivity index (χ3v) is 17.8. The highest BCUT2D eigenvalue weighted by molar-refractivity contribution is 6.84. The van der Waals surface area contributed by atoms with E-state index in [0.717, 1.165) is 32.1 Å². The van der Waals surface area contributed by atoms with Crippen molar-refractivity contribution in [1.29, 1.82) is 0 Å². The second-order valence-electron chi connectivity index (χ2n) is 14.2. The highest BCUT2D eigenvalue weighted by atomic mass is 28.3. The molecule has 4 aliphatic rings. The first kappa shape index (κ1) is 29.5. The number of Topliss-reactive ketones (excluding diaryl/α,β-unsaturated/α-hetero) is 1. The van der Waals surface area contributed by atoms with Crippen molar-refractivity contribution in [3.63, 3.8) is 0 Å². The van der Waals surface area contributed by atoms with Gasteiger partial charge in [-0.25, -0.2) is 4.79 Å². The molecule has 1 unspecified atom stereocenters. The number of carbonyl (C=O) groups is 2. The number of fused-ring (bicyclic) bond motifs is 5. The van der Waals surface area contributed by atoms with E-state index in [1.165, 1.54) is 48.5 Å². The average molecular weight is 561 g/mol. The van der Waals surface area contributed by atoms with E-state index in [4.69, 9.17) is 4.74 Å². The lowest BCUT2D eigenvalue weighted by atomic mass is 9.47. The fourth-order valence-electron chi connectivity index (χ4n) is 9.72. The molecule has 4 heteroatoms. The minimum atomic E-state index is -1.31. The number of hydrogen-bond donors (Lipinski definition) is 0. The van der Waals surface area contributed by atoms with Crippen LogP contribution in [-0.2, 0) is 9.53 Å². The first-order chi connectivity index (χ1) is 19.1. The molecule has 0 aromatic heterocycles. The molecule has 0 aliphatic heterocycles. The Morgan fingerprint density at radius 2 is 1.65 bits per heavy atom. The van der Waals surface area contributed by atoms with Crippen LogP contribution in [0.25, 0.3) is 6.08 Å². The summed E-state index contributed by atoms with van der Waals surface area (Å²) in [6, 6.07) is 11.8. The van der Waals surface area contributed by atoms with Gasteiger partial charge in [-0.1, -0.05) is 88.3 Å². The molecule has 3 saturated carbocycles. The summed E-state index contributed by atoms with van der Waals surface area (Å²) >= 11 is 0. The Morgan fingerprint density at radius 1 is 0.950 bits per heavy atom. The van der Waals surface area contributed by atoms with Gasteiger partial charge in [0.2, 0.25) is 0 Å². The van der Waals surface area contributed by atoms with Gasteiger partial charge in [-0.3, -0.25) is 4.79 Å². The number of hydrogen-bond acceptors (Lipinski definition) is 3. The van der Waals surface area contributed by atoms with Gasteiger partial charge in [0.1, 0.15) is 11.9 Å². The number of allylic oxidation sites excluding steroid dienone is 1. The van der Waals surface area contributed by atoms with Crippen LogP contribution in [0.5, 0.6) is 0 Å². The molecule has 0 bridgehead atoms. The van der Waals surface area contributed by atoms with Gasteiger partial charge in [-0.15, -0.1) is 0 Å². The topological polar surface area (TPSA) is 43.4 Å². The van der Waals surface area contributed by atoms with E-state index in [-0.39, 0.29) is 28.8 Å². The highest BCUT2D eigenvalue weighted by Gasteiger charge is 2.59. The lowest BCUT2D eigenvalue weighted by molar-refractivity contribution is -0.127. The van der Waals surface area contributed by atoms with Crippen LogP contribution in [0.15, 0.2) is 41.6 Å². The lowest BCUT2D eigenvalue weighted by Crippen LogP contribution is -2.51. The van der Waals surface area contributed by atoms with Gasteiger partial charge in [0.15, 0.2) is 0 Å². The van der Waals surface area contributed by atoms with Crippen molar-refractivity contribution in [1.82, 2.24) is 0 Å². The molecule has 1 aromatic rings. The molecule has 0 saturated heterocycles. The van der Waals surface area contributed by atoms with Crippen molar-refractivity contribution in [2.45, 2.75) is 117 Å². The highest BCUT2D eigenvalue weighted by Crippen LogP contribution is 2.66. The van der Waals surface area contributed by atoms with E-state index in [9.17, 15) is 9.59 Å². The lowest BCUT2D eigenvalue weighted by Gasteiger charge is -2.58. The minimum absolute atomic E-state index is 0.0318. The van der Waals surface area contributed by atoms with Gasteiger partial charge in [-0.2, -0.15) is 0 Å². The van der Waals surface area contributed by atoms with Crippen LogP contribution in [0.1, 0.15) is 109 Å². The Labute approximate surface area is 244 Å². The molecule has 1 aromatic carbocycles. The Hall–Kier alpha value is -1.94. The Bertz CT molecular complexity index is 1150. The maximum Gasteiger partial charge on any atom is 0.338 e. The molecule has 3 nitrogen and oxygen atoms in total. The number of rotatable bonds is 8. The molecule has 0 spiro atoms. The predicted molar refractivity (Wildman–Crippen MR) is 168 cm³/mol. The molecule has 4 aliphatic carbocycles. The fourth-order valence-corrected chi connectivity index (χ4v) is 12.5. The molecule has 3 fully saturated rings. The SMILES string of the molecule is CC[Si](/C=C/c1ccc(C(=O)O[C@H]2CC[C@@]3(C)C(=CC[C@@H]4[C@@H]3CC[C@]3(C)C(C(C)=O)CC[C@@H]43)C2)cc1)(CC)CC. The summed E-state index contributed by atoms with van der Waals surface area (Å²) in [6.07, 6.45) is 13.5. The zero-order chi connectivity index (χ0) is 28.7. The van der Waals surface area contributed by atoms with E-state index < -0.39 is 8.07 Å². The van der Waals surface area contributed by atoms with Crippen LogP contribution < -0.4 is 0 Å². The minimum Gasteiger partial charge on any atom is -0.458 e. The van der Waals surface area contributed by atoms with Crippen LogP contribution in [-0.4, -0.2) is 25.9 Å². The Kier molecular flexibility index (Phi) is 8.41. The summed E-state index contributed by atoms with van der Waals surface area (Å²) in [5.74, 6) is 2.55. The van der Waals surface area contributed by atoms with Gasteiger partial charge >= 0.3 is 5.97 Å². The van der Waals surface area contributed by atoms with Crippen molar-refractivity contribution >= 4 is 25.9 Å². The predicted octanol–water partition coefficient (Wildman–Crippen LogP) is 9.44. The average Bonchev–Trinajstić information content (AvgIpc) is 3.32. The summed E-state index contributed by atoms with van der Waals surface area (Å²) in [5.41, 5.74) is 6.24. The zero-order valence-electron chi connectivity index (χ0n) is 25.9. The molecule has 0 heterocycles. The molecular weight excluding hydrogens is 508 g/mol. The van der Waals surface area contributed by atoms with E-state index >= 15 is 0 Å². The number of ketones is 1. The van der Waals surface area contributed by atoms with Crippen molar-refractivity contribution in [3.8, 4) is 0 Å². The van der Waals surface area contributed by atoms with Gasteiger partial charge in [-0.05, 0) is 98.1 Å². The van der Waals surface area contributed by atoms with Crippen molar-refractivity contribution in [2.24, 2.45) is 34.5 Å². The van der Waals surface area contributed by atoms with Gasteiger partial charge in [0.05, 0.1) is 13.6 Å². The van der Waals surface area contributed by atoms with Crippen molar-refractivity contribution in [3.05, 3.63) is 52.7 Å². The smallest absolute Gasteiger partial charge is 0.338 e. The first-order valence-electron chi connectivity index (χ1n) is 16.3. The van der Waals surface area contributed by atoms with E-state index in [2.05, 4.69) is 64.6 Å². The van der Waals surface area contributed by atoms with E-state index in [1.54, 1.807) is 0 Å². The summed E-state index contributed by atoms with van der Waals surface area (Å²) in [6.45, 7) is 13.7. The third-order valence-electron chi connectivity index (χ3n) is 12.7. The first-order valence-corrected chi connectivity index (χ1v) is 19.0. The molecule has 0 amide bonds. The molecule has 5 rings (SSSR count). The van der Waals surface area contributed by atoms with Crippen LogP contribution in [0.2, 0.25) is 18.1 Å². The van der Waals surface area contributed by atoms with Gasteiger partial charge < -0.3 is 4.74 Å². The summed E-state index contributed by atoms with van der Waals surface area (Å²) in [4.78, 5) is 25.6. The summed E-state index contributed by atoms with van der Waals surface area (Å²) in [5, 5.41) is 0. The maximum atomic E-state index is 13.1. The molecule has 0 N–H and O–H groups in total. The Morgan fingerprint density at radius 3 is 2.30 bits per heavy atom. The van der Waals surface area contributed by atoms with Gasteiger partial charge in [0.25, 0.3) is 0 Å². The summed E-state index contributed by atoms with van der Waals surface area (Å²) < 4.78 is 6.11.